The van der Waals surface area contributed by atoms with Crippen molar-refractivity contribution in [3.05, 3.63) is 161 Å². The number of aliphatic carboxylic acids is 1. The molecule has 7 heteroatoms. The quantitative estimate of drug-likeness (QED) is 0.120. The number of carbonyl (C=O) groups is 1. The predicted molar refractivity (Wildman–Crippen MR) is 242 cm³/mol. The van der Waals surface area contributed by atoms with Crippen LogP contribution in [0.25, 0.3) is 90.9 Å². The molecular formula is C52H44N4O3. The van der Waals surface area contributed by atoms with Crippen LogP contribution in [0, 0.1) is 20.8 Å². The molecule has 59 heavy (non-hydrogen) atoms. The summed E-state index contributed by atoms with van der Waals surface area (Å²) < 4.78 is 6.02. The van der Waals surface area contributed by atoms with Crippen molar-refractivity contribution in [2.45, 2.75) is 40.0 Å². The largest absolute Gasteiger partial charge is 0.494 e. The minimum Gasteiger partial charge on any atom is -0.494 e. The van der Waals surface area contributed by atoms with Crippen LogP contribution in [0.3, 0.4) is 0 Å². The highest BCUT2D eigenvalue weighted by atomic mass is 16.5. The van der Waals surface area contributed by atoms with Crippen LogP contribution < -0.4 is 4.74 Å². The minimum atomic E-state index is -0.788. The summed E-state index contributed by atoms with van der Waals surface area (Å²) >= 11 is 0. The fraction of sp³-hybridized carbons (Fsp3) is 0.135. The van der Waals surface area contributed by atoms with E-state index in [0.29, 0.717) is 19.4 Å². The van der Waals surface area contributed by atoms with Gasteiger partial charge in [0.05, 0.1) is 29.4 Å². The van der Waals surface area contributed by atoms with Crippen molar-refractivity contribution >= 4 is 52.3 Å². The highest BCUT2D eigenvalue weighted by molar-refractivity contribution is 6.00. The fourth-order valence-corrected chi connectivity index (χ4v) is 8.21. The molecule has 0 spiro atoms. The van der Waals surface area contributed by atoms with Crippen LogP contribution in [0.4, 0.5) is 0 Å². The summed E-state index contributed by atoms with van der Waals surface area (Å²) in [5.41, 5.74) is 19.0. The van der Waals surface area contributed by atoms with Crippen molar-refractivity contribution in [1.82, 2.24) is 19.9 Å². The van der Waals surface area contributed by atoms with Gasteiger partial charge in [0.2, 0.25) is 0 Å². The second-order valence-electron chi connectivity index (χ2n) is 15.2. The number of benzene rings is 4. The molecule has 9 rings (SSSR count). The van der Waals surface area contributed by atoms with E-state index in [0.717, 1.165) is 106 Å². The third-order valence-corrected chi connectivity index (χ3v) is 11.2. The number of ether oxygens (including phenoxy) is 1. The van der Waals surface area contributed by atoms with Crippen molar-refractivity contribution in [2.75, 3.05) is 6.61 Å². The number of nitrogens with zero attached hydrogens (tertiary/aromatic N) is 2. The standard InChI is InChI=1S/C52H44N4O3/c1-32-12-4-7-15-37(32)50-42-25-23-40(53-42)49(35-19-21-36(22-20-35)59-31-11-10-18-48(57)58)41-24-26-43(54-41)51(38-16-8-5-13-33(38)2)45-28-30-47(56-45)52(46-29-27-44(50)55-46)39-17-9-6-14-34(39)3/h4-9,12-17,19-30,53,56H,10-11,18,31H2,1-3H3,(H,57,58). The molecule has 0 saturated carbocycles. The van der Waals surface area contributed by atoms with Crippen LogP contribution in [0.1, 0.15) is 58.7 Å². The molecule has 0 saturated heterocycles. The van der Waals surface area contributed by atoms with E-state index in [1.165, 1.54) is 5.56 Å². The number of fused-ring (bicyclic) bond motifs is 8. The van der Waals surface area contributed by atoms with Gasteiger partial charge in [0.15, 0.2) is 0 Å². The number of rotatable bonds is 10. The van der Waals surface area contributed by atoms with E-state index >= 15 is 0 Å². The lowest BCUT2D eigenvalue weighted by Crippen LogP contribution is -2.00. The first-order valence-corrected chi connectivity index (χ1v) is 20.1. The van der Waals surface area contributed by atoms with E-state index in [1.54, 1.807) is 0 Å². The Bertz CT molecular complexity index is 2940. The maximum absolute atomic E-state index is 11.0. The topological polar surface area (TPSA) is 104 Å². The third-order valence-electron chi connectivity index (χ3n) is 11.2. The zero-order valence-electron chi connectivity index (χ0n) is 33.3. The zero-order chi connectivity index (χ0) is 40.5. The van der Waals surface area contributed by atoms with E-state index in [9.17, 15) is 4.79 Å². The van der Waals surface area contributed by atoms with Gasteiger partial charge in [0, 0.05) is 50.7 Å². The summed E-state index contributed by atoms with van der Waals surface area (Å²) in [5.74, 6) is -0.0575. The lowest BCUT2D eigenvalue weighted by Gasteiger charge is -2.10. The van der Waals surface area contributed by atoms with Gasteiger partial charge >= 0.3 is 5.97 Å². The average Bonchev–Trinajstić information content (AvgIpc) is 4.08. The van der Waals surface area contributed by atoms with Gasteiger partial charge in [-0.1, -0.05) is 84.9 Å². The van der Waals surface area contributed by atoms with Crippen molar-refractivity contribution in [2.24, 2.45) is 0 Å². The Balaban J connectivity index is 1.35. The molecule has 0 amide bonds. The SMILES string of the molecule is Cc1ccccc1-c1c2nc(c(-c3ccccc3C)c3ccc([nH]3)c(-c3ccccc3C)c3nc(c(-c4ccc(OCCCCC(=O)O)cc4)c4ccc1[nH]4)C=C3)C=C2. The number of H-pyrrole nitrogens is 2. The number of carboxylic acids is 1. The Hall–Kier alpha value is -7.25. The lowest BCUT2D eigenvalue weighted by atomic mass is 9.99. The number of aromatic nitrogens is 4. The Morgan fingerprint density at radius 3 is 1.31 bits per heavy atom. The molecule has 3 N–H and O–H groups in total. The Morgan fingerprint density at radius 2 is 0.898 bits per heavy atom. The van der Waals surface area contributed by atoms with E-state index in [1.807, 2.05) is 12.1 Å². The first-order chi connectivity index (χ1) is 28.8. The van der Waals surface area contributed by atoms with Gasteiger partial charge in [-0.25, -0.2) is 9.97 Å². The van der Waals surface area contributed by atoms with Crippen LogP contribution in [-0.4, -0.2) is 37.6 Å². The summed E-state index contributed by atoms with van der Waals surface area (Å²) in [6, 6.07) is 42.1. The number of hydrogen-bond donors (Lipinski definition) is 3. The molecule has 0 aliphatic carbocycles. The van der Waals surface area contributed by atoms with E-state index in [2.05, 4.69) is 164 Å². The summed E-state index contributed by atoms with van der Waals surface area (Å²) in [6.45, 7) is 6.89. The number of nitrogens with one attached hydrogen (secondary N) is 2. The van der Waals surface area contributed by atoms with Gasteiger partial charge in [0.25, 0.3) is 0 Å². The molecule has 7 nitrogen and oxygen atoms in total. The highest BCUT2D eigenvalue weighted by Gasteiger charge is 2.20. The molecule has 290 valence electrons. The molecule has 0 fully saturated rings. The lowest BCUT2D eigenvalue weighted by molar-refractivity contribution is -0.137. The van der Waals surface area contributed by atoms with Crippen LogP contribution in [-0.2, 0) is 4.79 Å². The Morgan fingerprint density at radius 1 is 0.508 bits per heavy atom. The summed E-state index contributed by atoms with van der Waals surface area (Å²) in [5, 5.41) is 9.01. The zero-order valence-corrected chi connectivity index (χ0v) is 33.3. The van der Waals surface area contributed by atoms with E-state index in [-0.39, 0.29) is 6.42 Å². The Kier molecular flexibility index (Phi) is 10.1. The number of aryl methyl sites for hydroxylation is 3. The smallest absolute Gasteiger partial charge is 0.303 e. The van der Waals surface area contributed by atoms with Crippen LogP contribution in [0.2, 0.25) is 0 Å². The minimum absolute atomic E-state index is 0.139. The molecule has 0 atom stereocenters. The summed E-state index contributed by atoms with van der Waals surface area (Å²) in [4.78, 5) is 29.6. The van der Waals surface area contributed by atoms with Gasteiger partial charge in [-0.05, 0) is 133 Å². The van der Waals surface area contributed by atoms with Crippen molar-refractivity contribution < 1.29 is 14.6 Å². The number of hydrogen-bond acceptors (Lipinski definition) is 4. The van der Waals surface area contributed by atoms with Gasteiger partial charge in [-0.2, -0.15) is 0 Å². The van der Waals surface area contributed by atoms with Gasteiger partial charge < -0.3 is 19.8 Å². The van der Waals surface area contributed by atoms with Gasteiger partial charge in [0.1, 0.15) is 5.75 Å². The molecule has 4 aromatic carbocycles. The normalized spacial score (nSPS) is 11.9. The fourth-order valence-electron chi connectivity index (χ4n) is 8.21. The van der Waals surface area contributed by atoms with E-state index < -0.39 is 5.97 Å². The summed E-state index contributed by atoms with van der Waals surface area (Å²) in [7, 11) is 0. The van der Waals surface area contributed by atoms with Crippen molar-refractivity contribution in [3.8, 4) is 50.3 Å². The molecular weight excluding hydrogens is 729 g/mol. The molecule has 0 radical (unpaired) electrons. The highest BCUT2D eigenvalue weighted by Crippen LogP contribution is 2.40. The third kappa shape index (κ3) is 7.39. The second-order valence-corrected chi connectivity index (χ2v) is 15.2. The second kappa shape index (κ2) is 15.9. The molecule has 2 aliphatic rings. The monoisotopic (exact) mass is 772 g/mol. The van der Waals surface area contributed by atoms with Gasteiger partial charge in [-0.15, -0.1) is 0 Å². The first kappa shape index (κ1) is 37.3. The Labute approximate surface area is 343 Å². The van der Waals surface area contributed by atoms with E-state index in [4.69, 9.17) is 19.8 Å². The average molecular weight is 773 g/mol. The molecule has 3 aromatic heterocycles. The molecule has 0 unspecified atom stereocenters. The van der Waals surface area contributed by atoms with Gasteiger partial charge in [-0.3, -0.25) is 4.79 Å². The maximum Gasteiger partial charge on any atom is 0.303 e. The number of unbranched alkanes of at least 4 members (excludes halogenated alkanes) is 1. The van der Waals surface area contributed by atoms with Crippen LogP contribution >= 0.6 is 0 Å². The van der Waals surface area contributed by atoms with Crippen LogP contribution in [0.5, 0.6) is 5.75 Å². The maximum atomic E-state index is 11.0. The van der Waals surface area contributed by atoms with Crippen molar-refractivity contribution in [1.29, 1.82) is 0 Å². The number of carboxylic acid groups (broad SMARTS) is 1. The molecule has 7 aromatic rings. The summed E-state index contributed by atoms with van der Waals surface area (Å²) in [6.07, 6.45) is 9.89. The molecule has 8 bridgehead atoms. The van der Waals surface area contributed by atoms with Crippen LogP contribution in [0.15, 0.2) is 121 Å². The predicted octanol–water partition coefficient (Wildman–Crippen LogP) is 12.9. The number of aromatic amines is 2. The first-order valence-electron chi connectivity index (χ1n) is 20.1. The molecule has 2 aliphatic heterocycles. The van der Waals surface area contributed by atoms with Crippen molar-refractivity contribution in [3.63, 3.8) is 0 Å². The molecule has 5 heterocycles.